The second kappa shape index (κ2) is 4.51. The van der Waals surface area contributed by atoms with Gasteiger partial charge in [-0.25, -0.2) is 4.98 Å². The first-order valence-electron chi connectivity index (χ1n) is 4.74. The summed E-state index contributed by atoms with van der Waals surface area (Å²) in [6.07, 6.45) is -3.54. The fourth-order valence-corrected chi connectivity index (χ4v) is 1.17. The average molecular weight is 218 g/mol. The molecular weight excluding hydrogens is 205 g/mol. The van der Waals surface area contributed by atoms with Crippen LogP contribution in [0.1, 0.15) is 24.6 Å². The first-order chi connectivity index (χ1) is 6.95. The van der Waals surface area contributed by atoms with E-state index in [9.17, 15) is 13.2 Å². The van der Waals surface area contributed by atoms with E-state index in [4.69, 9.17) is 0 Å². The van der Waals surface area contributed by atoms with Crippen molar-refractivity contribution in [3.8, 4) is 0 Å². The molecule has 0 fully saturated rings. The molecule has 0 saturated heterocycles. The van der Waals surface area contributed by atoms with Gasteiger partial charge in [0.25, 0.3) is 0 Å². The van der Waals surface area contributed by atoms with Gasteiger partial charge in [-0.1, -0.05) is 13.0 Å². The maximum Gasteiger partial charge on any atom is 0.433 e. The lowest BCUT2D eigenvalue weighted by molar-refractivity contribution is -0.141. The number of hydrogen-bond donors (Lipinski definition) is 1. The molecule has 5 heteroatoms. The number of hydrogen-bond acceptors (Lipinski definition) is 2. The van der Waals surface area contributed by atoms with Crippen molar-refractivity contribution >= 4 is 5.82 Å². The van der Waals surface area contributed by atoms with Crippen LogP contribution in [0, 0.1) is 6.92 Å². The Labute approximate surface area is 86.5 Å². The molecule has 0 aliphatic heterocycles. The van der Waals surface area contributed by atoms with Crippen molar-refractivity contribution in [2.24, 2.45) is 0 Å². The Morgan fingerprint density at radius 3 is 2.53 bits per heavy atom. The second-order valence-corrected chi connectivity index (χ2v) is 3.29. The average Bonchev–Trinajstić information content (AvgIpc) is 2.15. The minimum absolute atomic E-state index is 0.143. The lowest BCUT2D eigenvalue weighted by Gasteiger charge is -2.11. The normalized spacial score (nSPS) is 11.5. The van der Waals surface area contributed by atoms with E-state index in [1.54, 1.807) is 6.07 Å². The molecule has 0 unspecified atom stereocenters. The van der Waals surface area contributed by atoms with E-state index < -0.39 is 11.9 Å². The van der Waals surface area contributed by atoms with Crippen molar-refractivity contribution in [1.29, 1.82) is 0 Å². The Kier molecular flexibility index (Phi) is 3.55. The number of halogens is 3. The molecule has 0 radical (unpaired) electrons. The van der Waals surface area contributed by atoms with Gasteiger partial charge in [0.1, 0.15) is 11.5 Å². The molecule has 0 aromatic carbocycles. The van der Waals surface area contributed by atoms with Crippen molar-refractivity contribution in [3.05, 3.63) is 23.4 Å². The summed E-state index contributed by atoms with van der Waals surface area (Å²) in [5, 5.41) is 2.82. The number of alkyl halides is 3. The predicted octanol–water partition coefficient (Wildman–Crippen LogP) is 3.23. The fraction of sp³-hybridized carbons (Fsp3) is 0.500. The predicted molar refractivity (Wildman–Crippen MR) is 52.8 cm³/mol. The van der Waals surface area contributed by atoms with Crippen LogP contribution >= 0.6 is 0 Å². The SMILES string of the molecule is CCCNc1ccc(C)c(C(F)(F)F)n1. The van der Waals surface area contributed by atoms with E-state index in [-0.39, 0.29) is 11.4 Å². The largest absolute Gasteiger partial charge is 0.433 e. The van der Waals surface area contributed by atoms with E-state index in [2.05, 4.69) is 10.3 Å². The minimum Gasteiger partial charge on any atom is -0.370 e. The molecule has 0 bridgehead atoms. The van der Waals surface area contributed by atoms with Crippen molar-refractivity contribution in [2.75, 3.05) is 11.9 Å². The minimum atomic E-state index is -4.38. The molecule has 0 aliphatic carbocycles. The first kappa shape index (κ1) is 11.8. The highest BCUT2D eigenvalue weighted by molar-refractivity contribution is 5.39. The first-order valence-corrected chi connectivity index (χ1v) is 4.74. The van der Waals surface area contributed by atoms with Crippen LogP contribution in [0.15, 0.2) is 12.1 Å². The van der Waals surface area contributed by atoms with Gasteiger partial charge in [0.15, 0.2) is 0 Å². The second-order valence-electron chi connectivity index (χ2n) is 3.29. The van der Waals surface area contributed by atoms with Crippen molar-refractivity contribution in [1.82, 2.24) is 4.98 Å². The van der Waals surface area contributed by atoms with Crippen LogP contribution < -0.4 is 5.32 Å². The Morgan fingerprint density at radius 1 is 1.33 bits per heavy atom. The van der Waals surface area contributed by atoms with Crippen LogP contribution in [0.2, 0.25) is 0 Å². The van der Waals surface area contributed by atoms with E-state index in [0.717, 1.165) is 6.42 Å². The van der Waals surface area contributed by atoms with Gasteiger partial charge in [-0.05, 0) is 25.0 Å². The van der Waals surface area contributed by atoms with Gasteiger partial charge in [0.05, 0.1) is 0 Å². The molecule has 2 nitrogen and oxygen atoms in total. The molecule has 0 saturated carbocycles. The number of nitrogens with one attached hydrogen (secondary N) is 1. The molecule has 0 aliphatic rings. The molecule has 1 rings (SSSR count). The topological polar surface area (TPSA) is 24.9 Å². The zero-order valence-electron chi connectivity index (χ0n) is 8.65. The summed E-state index contributed by atoms with van der Waals surface area (Å²) < 4.78 is 37.4. The number of aryl methyl sites for hydroxylation is 1. The van der Waals surface area contributed by atoms with Gasteiger partial charge in [-0.3, -0.25) is 0 Å². The molecule has 84 valence electrons. The molecule has 1 heterocycles. The standard InChI is InChI=1S/C10H13F3N2/c1-3-6-14-8-5-4-7(2)9(15-8)10(11,12)13/h4-5H,3,6H2,1-2H3,(H,14,15). The van der Waals surface area contributed by atoms with Crippen molar-refractivity contribution in [2.45, 2.75) is 26.4 Å². The summed E-state index contributed by atoms with van der Waals surface area (Å²) in [6, 6.07) is 2.98. The van der Waals surface area contributed by atoms with Crippen LogP contribution in [0.5, 0.6) is 0 Å². The highest BCUT2D eigenvalue weighted by Gasteiger charge is 2.34. The van der Waals surface area contributed by atoms with Crippen LogP contribution in [-0.4, -0.2) is 11.5 Å². The lowest BCUT2D eigenvalue weighted by Crippen LogP contribution is -2.12. The van der Waals surface area contributed by atoms with E-state index in [1.165, 1.54) is 13.0 Å². The fourth-order valence-electron chi connectivity index (χ4n) is 1.17. The molecule has 0 spiro atoms. The number of nitrogens with zero attached hydrogens (tertiary/aromatic N) is 1. The van der Waals surface area contributed by atoms with Crippen LogP contribution in [0.4, 0.5) is 19.0 Å². The quantitative estimate of drug-likeness (QED) is 0.842. The summed E-state index contributed by atoms with van der Waals surface area (Å²) >= 11 is 0. The van der Waals surface area contributed by atoms with Gasteiger partial charge in [0.2, 0.25) is 0 Å². The van der Waals surface area contributed by atoms with E-state index in [1.807, 2.05) is 6.92 Å². The Hall–Kier alpha value is -1.26. The van der Waals surface area contributed by atoms with Crippen LogP contribution in [0.25, 0.3) is 0 Å². The van der Waals surface area contributed by atoms with Gasteiger partial charge >= 0.3 is 6.18 Å². The number of anilines is 1. The summed E-state index contributed by atoms with van der Waals surface area (Å²) in [5.41, 5.74) is -0.673. The van der Waals surface area contributed by atoms with Gasteiger partial charge in [0, 0.05) is 6.54 Å². The van der Waals surface area contributed by atoms with Crippen LogP contribution in [0.3, 0.4) is 0 Å². The van der Waals surface area contributed by atoms with E-state index >= 15 is 0 Å². The smallest absolute Gasteiger partial charge is 0.370 e. The summed E-state index contributed by atoms with van der Waals surface area (Å²) in [7, 11) is 0. The molecule has 15 heavy (non-hydrogen) atoms. The zero-order valence-corrected chi connectivity index (χ0v) is 8.65. The number of aromatic nitrogens is 1. The number of pyridine rings is 1. The number of rotatable bonds is 3. The molecule has 1 N–H and O–H groups in total. The monoisotopic (exact) mass is 218 g/mol. The van der Waals surface area contributed by atoms with Crippen molar-refractivity contribution < 1.29 is 13.2 Å². The Balaban J connectivity index is 2.95. The van der Waals surface area contributed by atoms with Crippen LogP contribution in [-0.2, 0) is 6.18 Å². The molecule has 0 atom stereocenters. The Morgan fingerprint density at radius 2 is 2.00 bits per heavy atom. The summed E-state index contributed by atoms with van der Waals surface area (Å²) in [5.74, 6) is 0.273. The third kappa shape index (κ3) is 3.11. The third-order valence-electron chi connectivity index (χ3n) is 1.92. The highest BCUT2D eigenvalue weighted by Crippen LogP contribution is 2.30. The molecule has 0 amide bonds. The maximum absolute atomic E-state index is 12.5. The summed E-state index contributed by atoms with van der Waals surface area (Å²) in [4.78, 5) is 3.54. The molecule has 1 aromatic heterocycles. The maximum atomic E-state index is 12.5. The summed E-state index contributed by atoms with van der Waals surface area (Å²) in [6.45, 7) is 3.96. The molecule has 1 aromatic rings. The highest BCUT2D eigenvalue weighted by atomic mass is 19.4. The zero-order chi connectivity index (χ0) is 11.5. The lowest BCUT2D eigenvalue weighted by atomic mass is 10.2. The van der Waals surface area contributed by atoms with Gasteiger partial charge < -0.3 is 5.32 Å². The van der Waals surface area contributed by atoms with Crippen molar-refractivity contribution in [3.63, 3.8) is 0 Å². The van der Waals surface area contributed by atoms with E-state index in [0.29, 0.717) is 6.54 Å². The Bertz CT molecular complexity index is 334. The molecular formula is C10H13F3N2. The van der Waals surface area contributed by atoms with Gasteiger partial charge in [-0.15, -0.1) is 0 Å². The van der Waals surface area contributed by atoms with Gasteiger partial charge in [-0.2, -0.15) is 13.2 Å². The third-order valence-corrected chi connectivity index (χ3v) is 1.92.